The Balaban J connectivity index is 1.80. The lowest BCUT2D eigenvalue weighted by Crippen LogP contribution is -2.64. The molecule has 12 nitrogen and oxygen atoms in total. The van der Waals surface area contributed by atoms with Gasteiger partial charge >= 0.3 is 0 Å². The first kappa shape index (κ1) is 30.3. The monoisotopic (exact) mass is 532 g/mol. The van der Waals surface area contributed by atoms with E-state index in [0.717, 1.165) is 0 Å². The number of aliphatic hydroxyl groups excluding tert-OH is 6. The molecule has 0 amide bonds. The second-order valence-corrected chi connectivity index (χ2v) is 10.8. The van der Waals surface area contributed by atoms with Gasteiger partial charge < -0.3 is 54.7 Å². The van der Waals surface area contributed by atoms with Crippen LogP contribution >= 0.6 is 0 Å². The van der Waals surface area contributed by atoms with Crippen LogP contribution in [0.2, 0.25) is 0 Å². The van der Waals surface area contributed by atoms with Gasteiger partial charge in [-0.05, 0) is 38.5 Å². The number of carbonyl (C=O) groups excluding carboxylic acids is 1. The molecule has 3 rings (SSSR count). The highest BCUT2D eigenvalue weighted by molar-refractivity contribution is 5.92. The van der Waals surface area contributed by atoms with Gasteiger partial charge in [0.25, 0.3) is 0 Å². The normalized spacial score (nSPS) is 45.6. The molecule has 0 aromatic rings. The molecule has 0 aromatic heterocycles. The van der Waals surface area contributed by atoms with E-state index in [1.807, 2.05) is 0 Å². The van der Waals surface area contributed by atoms with Gasteiger partial charge in [0.05, 0.1) is 18.8 Å². The van der Waals surface area contributed by atoms with Crippen molar-refractivity contribution < 1.29 is 59.5 Å². The maximum absolute atomic E-state index is 12.0. The van der Waals surface area contributed by atoms with E-state index >= 15 is 0 Å². The fraction of sp³-hybridized carbons (Fsp3) is 0.800. The molecule has 37 heavy (non-hydrogen) atoms. The molecule has 2 aliphatic heterocycles. The second kappa shape index (κ2) is 11.4. The fourth-order valence-electron chi connectivity index (χ4n) is 4.99. The lowest BCUT2D eigenvalue weighted by Gasteiger charge is -2.46. The van der Waals surface area contributed by atoms with Gasteiger partial charge in [0.1, 0.15) is 48.3 Å². The number of rotatable bonds is 7. The van der Waals surface area contributed by atoms with Gasteiger partial charge in [-0.3, -0.25) is 4.79 Å². The van der Waals surface area contributed by atoms with Crippen molar-refractivity contribution in [3.63, 3.8) is 0 Å². The maximum atomic E-state index is 12.0. The van der Waals surface area contributed by atoms with E-state index in [1.54, 1.807) is 33.8 Å². The zero-order valence-electron chi connectivity index (χ0n) is 21.7. The number of ketones is 1. The van der Waals surface area contributed by atoms with Crippen molar-refractivity contribution in [2.24, 2.45) is 5.41 Å². The number of hydrogen-bond donors (Lipinski definition) is 7. The quantitative estimate of drug-likeness (QED) is 0.183. The van der Waals surface area contributed by atoms with Crippen LogP contribution in [0.5, 0.6) is 0 Å². The third-order valence-electron chi connectivity index (χ3n) is 7.51. The lowest BCUT2D eigenvalue weighted by molar-refractivity contribution is -0.367. The van der Waals surface area contributed by atoms with Crippen LogP contribution in [0.4, 0.5) is 0 Å². The average Bonchev–Trinajstić information content (AvgIpc) is 2.82. The summed E-state index contributed by atoms with van der Waals surface area (Å²) in [6.45, 7) is 7.66. The molecule has 7 N–H and O–H groups in total. The Bertz CT molecular complexity index is 874. The zero-order valence-corrected chi connectivity index (χ0v) is 21.7. The minimum Gasteiger partial charge on any atom is -0.394 e. The van der Waals surface area contributed by atoms with E-state index in [-0.39, 0.29) is 12.2 Å². The third kappa shape index (κ3) is 5.99. The van der Waals surface area contributed by atoms with Crippen LogP contribution in [-0.2, 0) is 23.7 Å². The highest BCUT2D eigenvalue weighted by Gasteiger charge is 2.51. The smallest absolute Gasteiger partial charge is 0.187 e. The summed E-state index contributed by atoms with van der Waals surface area (Å²) in [5.41, 5.74) is -1.74. The molecule has 12 heteroatoms. The second-order valence-electron chi connectivity index (χ2n) is 10.8. The lowest BCUT2D eigenvalue weighted by atomic mass is 9.64. The molecule has 0 radical (unpaired) electrons. The number of ether oxygens (including phenoxy) is 4. The molecule has 0 saturated carbocycles. The molecular weight excluding hydrogens is 492 g/mol. The van der Waals surface area contributed by atoms with Crippen molar-refractivity contribution in [3.8, 4) is 0 Å². The van der Waals surface area contributed by atoms with E-state index in [0.29, 0.717) is 5.57 Å². The zero-order chi connectivity index (χ0) is 27.9. The van der Waals surface area contributed by atoms with Gasteiger partial charge in [-0.2, -0.15) is 0 Å². The Morgan fingerprint density at radius 1 is 1.05 bits per heavy atom. The molecular formula is C25H40O12. The first-order chi connectivity index (χ1) is 17.1. The van der Waals surface area contributed by atoms with Gasteiger partial charge in [-0.15, -0.1) is 0 Å². The minimum absolute atomic E-state index is 0.0814. The summed E-state index contributed by atoms with van der Waals surface area (Å²) in [4.78, 5) is 12.0. The minimum atomic E-state index is -1.68. The van der Waals surface area contributed by atoms with Gasteiger partial charge in [-0.1, -0.05) is 19.9 Å². The van der Waals surface area contributed by atoms with Gasteiger partial charge in [0.2, 0.25) is 0 Å². The van der Waals surface area contributed by atoms with Gasteiger partial charge in [-0.25, -0.2) is 0 Å². The van der Waals surface area contributed by atoms with Crippen molar-refractivity contribution in [2.75, 3.05) is 6.61 Å². The Labute approximate surface area is 215 Å². The Morgan fingerprint density at radius 2 is 1.70 bits per heavy atom. The van der Waals surface area contributed by atoms with Crippen LogP contribution in [0.3, 0.4) is 0 Å². The Kier molecular flexibility index (Phi) is 9.36. The van der Waals surface area contributed by atoms with Crippen LogP contribution in [-0.4, -0.2) is 121 Å². The van der Waals surface area contributed by atoms with Crippen LogP contribution in [0, 0.1) is 5.41 Å². The summed E-state index contributed by atoms with van der Waals surface area (Å²) in [6, 6.07) is 0. The molecule has 0 bridgehead atoms. The number of hydrogen-bond acceptors (Lipinski definition) is 12. The Morgan fingerprint density at radius 3 is 2.30 bits per heavy atom. The highest BCUT2D eigenvalue weighted by Crippen LogP contribution is 2.44. The van der Waals surface area contributed by atoms with Crippen LogP contribution < -0.4 is 0 Å². The molecule has 2 saturated heterocycles. The summed E-state index contributed by atoms with van der Waals surface area (Å²) in [6.07, 6.45) is -10.4. The van der Waals surface area contributed by atoms with E-state index in [1.165, 1.54) is 19.1 Å². The van der Waals surface area contributed by atoms with E-state index < -0.39 is 85.1 Å². The van der Waals surface area contributed by atoms with Crippen molar-refractivity contribution in [3.05, 3.63) is 23.8 Å². The summed E-state index contributed by atoms with van der Waals surface area (Å²) < 4.78 is 22.7. The molecule has 0 spiro atoms. The maximum Gasteiger partial charge on any atom is 0.187 e. The van der Waals surface area contributed by atoms with Crippen LogP contribution in [0.1, 0.15) is 41.0 Å². The topological polar surface area (TPSA) is 196 Å². The Hall–Kier alpha value is -1.29. The van der Waals surface area contributed by atoms with Crippen molar-refractivity contribution in [2.45, 2.75) is 114 Å². The van der Waals surface area contributed by atoms with Crippen molar-refractivity contribution in [1.82, 2.24) is 0 Å². The van der Waals surface area contributed by atoms with E-state index in [2.05, 4.69) is 0 Å². The first-order valence-corrected chi connectivity index (χ1v) is 12.4. The first-order valence-electron chi connectivity index (χ1n) is 12.4. The van der Waals surface area contributed by atoms with Gasteiger partial charge in [0, 0.05) is 11.8 Å². The molecule has 2 heterocycles. The van der Waals surface area contributed by atoms with Crippen molar-refractivity contribution >= 4 is 5.78 Å². The van der Waals surface area contributed by atoms with Gasteiger partial charge in [0.15, 0.2) is 18.4 Å². The molecule has 12 atom stereocenters. The molecule has 3 aliphatic rings. The van der Waals surface area contributed by atoms with Crippen LogP contribution in [0.25, 0.3) is 0 Å². The number of carbonyl (C=O) groups is 1. The fourth-order valence-corrected chi connectivity index (χ4v) is 4.99. The predicted octanol–water partition coefficient (Wildman–Crippen LogP) is -1.72. The summed E-state index contributed by atoms with van der Waals surface area (Å²) in [7, 11) is 0. The number of aliphatic hydroxyl groups is 7. The highest BCUT2D eigenvalue weighted by atomic mass is 16.8. The summed E-state index contributed by atoms with van der Waals surface area (Å²) in [5.74, 6) is -0.0814. The molecule has 0 aromatic carbocycles. The van der Waals surface area contributed by atoms with Crippen LogP contribution in [0.15, 0.2) is 23.8 Å². The average molecular weight is 533 g/mol. The third-order valence-corrected chi connectivity index (χ3v) is 7.51. The summed E-state index contributed by atoms with van der Waals surface area (Å²) >= 11 is 0. The standard InChI is InChI=1S/C25H40O12/c1-11-8-14(27)9-24(4,5)25(11,33)7-6-12(2)34-23-21(19(31)17(29)15(10-26)36-23)37-22-20(32)18(30)16(28)13(3)35-22/h6-8,12-13,15-23,26,28-33H,9-10H2,1-5H3/b7-6+/t12-,13-,15+,16+,17+,18+,19-,20+,21+,22-,23+,25?/m0/s1. The molecule has 1 aliphatic carbocycles. The van der Waals surface area contributed by atoms with E-state index in [9.17, 15) is 40.5 Å². The SMILES string of the molecule is CC1=CC(=O)CC(C)(C)C1(O)/C=C/[C@H](C)O[C@@H]1O[C@H](CO)[C@@H](O)[C@H](O)[C@H]1O[C@@H]1O[C@@H](C)[C@@H](O)[C@@H](O)[C@H]1O. The molecule has 1 unspecified atom stereocenters. The predicted molar refractivity (Wildman–Crippen MR) is 127 cm³/mol. The number of allylic oxidation sites excluding steroid dienone is 1. The molecule has 212 valence electrons. The van der Waals surface area contributed by atoms with Crippen molar-refractivity contribution in [1.29, 1.82) is 0 Å². The summed E-state index contributed by atoms with van der Waals surface area (Å²) in [5, 5.41) is 72.4. The van der Waals surface area contributed by atoms with E-state index in [4.69, 9.17) is 18.9 Å². The largest absolute Gasteiger partial charge is 0.394 e. The molecule has 2 fully saturated rings.